The number of benzene rings is 1. The molecule has 1 aromatic rings. The summed E-state index contributed by atoms with van der Waals surface area (Å²) in [4.78, 5) is 0. The number of anilines is 1. The summed E-state index contributed by atoms with van der Waals surface area (Å²) in [6.07, 6.45) is 4.49. The Bertz CT molecular complexity index is 426. The minimum atomic E-state index is 0.384. The third-order valence-corrected chi connectivity index (χ3v) is 3.49. The molecule has 90 valence electrons. The van der Waals surface area contributed by atoms with Crippen LogP contribution in [0.2, 0.25) is 0 Å². The van der Waals surface area contributed by atoms with Gasteiger partial charge in [-0.1, -0.05) is 0 Å². The van der Waals surface area contributed by atoms with Gasteiger partial charge in [0, 0.05) is 17.8 Å². The van der Waals surface area contributed by atoms with Gasteiger partial charge in [0.2, 0.25) is 0 Å². The van der Waals surface area contributed by atoms with Crippen LogP contribution in [-0.2, 0) is 0 Å². The summed E-state index contributed by atoms with van der Waals surface area (Å²) in [5.74, 6) is 0. The molecule has 0 heterocycles. The second-order valence-corrected chi connectivity index (χ2v) is 4.90. The standard InChI is InChI=1S/C14H19N3/c1-10-8-11(9-15)2-7-14(10)17-13-5-3-12(16)4-6-13/h2,7-8,12-13,17H,3-6,16H2,1H3. The van der Waals surface area contributed by atoms with Crippen molar-refractivity contribution in [3.63, 3.8) is 0 Å². The third-order valence-electron chi connectivity index (χ3n) is 3.49. The van der Waals surface area contributed by atoms with Crippen LogP contribution in [0.5, 0.6) is 0 Å². The van der Waals surface area contributed by atoms with Crippen molar-refractivity contribution in [3.8, 4) is 6.07 Å². The summed E-state index contributed by atoms with van der Waals surface area (Å²) in [6, 6.07) is 8.87. The van der Waals surface area contributed by atoms with Crippen molar-refractivity contribution in [2.24, 2.45) is 5.73 Å². The summed E-state index contributed by atoms with van der Waals surface area (Å²) < 4.78 is 0. The molecule has 0 amide bonds. The third kappa shape index (κ3) is 2.98. The minimum absolute atomic E-state index is 0.384. The average molecular weight is 229 g/mol. The zero-order valence-corrected chi connectivity index (χ0v) is 10.2. The van der Waals surface area contributed by atoms with Crippen LogP contribution in [0.25, 0.3) is 0 Å². The van der Waals surface area contributed by atoms with Crippen molar-refractivity contribution in [2.75, 3.05) is 5.32 Å². The molecule has 1 aliphatic rings. The van der Waals surface area contributed by atoms with Crippen LogP contribution in [0.4, 0.5) is 5.69 Å². The highest BCUT2D eigenvalue weighted by Gasteiger charge is 2.18. The Kier molecular flexibility index (Phi) is 3.65. The van der Waals surface area contributed by atoms with Crippen LogP contribution in [0, 0.1) is 18.3 Å². The molecule has 0 radical (unpaired) electrons. The van der Waals surface area contributed by atoms with Gasteiger partial charge in [0.05, 0.1) is 11.6 Å². The van der Waals surface area contributed by atoms with E-state index in [2.05, 4.69) is 11.4 Å². The molecule has 0 saturated heterocycles. The van der Waals surface area contributed by atoms with E-state index in [1.54, 1.807) is 0 Å². The van der Waals surface area contributed by atoms with Crippen LogP contribution < -0.4 is 11.1 Å². The Morgan fingerprint density at radius 1 is 1.29 bits per heavy atom. The maximum absolute atomic E-state index is 8.82. The lowest BCUT2D eigenvalue weighted by Gasteiger charge is -2.28. The molecular formula is C14H19N3. The van der Waals surface area contributed by atoms with Crippen molar-refractivity contribution in [1.29, 1.82) is 5.26 Å². The Balaban J connectivity index is 2.02. The Morgan fingerprint density at radius 2 is 2.00 bits per heavy atom. The van der Waals surface area contributed by atoms with Gasteiger partial charge >= 0.3 is 0 Å². The lowest BCUT2D eigenvalue weighted by Crippen LogP contribution is -2.32. The summed E-state index contributed by atoms with van der Waals surface area (Å²) in [5, 5.41) is 12.4. The van der Waals surface area contributed by atoms with Crippen LogP contribution in [-0.4, -0.2) is 12.1 Å². The van der Waals surface area contributed by atoms with E-state index in [4.69, 9.17) is 11.0 Å². The normalized spacial score (nSPS) is 24.1. The van der Waals surface area contributed by atoms with E-state index in [1.165, 1.54) is 0 Å². The molecule has 0 spiro atoms. The highest BCUT2D eigenvalue weighted by molar-refractivity contribution is 5.54. The highest BCUT2D eigenvalue weighted by Crippen LogP contribution is 2.23. The predicted octanol–water partition coefficient (Wildman–Crippen LogP) is 2.55. The molecule has 0 atom stereocenters. The fourth-order valence-corrected chi connectivity index (χ4v) is 2.38. The lowest BCUT2D eigenvalue weighted by atomic mass is 9.91. The van der Waals surface area contributed by atoms with E-state index >= 15 is 0 Å². The second kappa shape index (κ2) is 5.20. The smallest absolute Gasteiger partial charge is 0.0991 e. The monoisotopic (exact) mass is 229 g/mol. The molecule has 0 aliphatic heterocycles. The van der Waals surface area contributed by atoms with E-state index in [9.17, 15) is 0 Å². The number of nitrogens with two attached hydrogens (primary N) is 1. The molecule has 0 aromatic heterocycles. The summed E-state index contributed by atoms with van der Waals surface area (Å²) in [5.41, 5.74) is 8.90. The van der Waals surface area contributed by atoms with Gasteiger partial charge in [0.1, 0.15) is 0 Å². The van der Waals surface area contributed by atoms with Crippen molar-refractivity contribution >= 4 is 5.69 Å². The summed E-state index contributed by atoms with van der Waals surface area (Å²) in [7, 11) is 0. The molecule has 3 N–H and O–H groups in total. The predicted molar refractivity (Wildman–Crippen MR) is 69.7 cm³/mol. The zero-order valence-electron chi connectivity index (χ0n) is 10.2. The molecule has 3 nitrogen and oxygen atoms in total. The van der Waals surface area contributed by atoms with Crippen LogP contribution in [0.3, 0.4) is 0 Å². The number of aryl methyl sites for hydroxylation is 1. The van der Waals surface area contributed by atoms with Gasteiger partial charge in [-0.3, -0.25) is 0 Å². The molecule has 1 fully saturated rings. The molecule has 1 aromatic carbocycles. The van der Waals surface area contributed by atoms with Gasteiger partial charge in [0.25, 0.3) is 0 Å². The first-order valence-electron chi connectivity index (χ1n) is 6.22. The van der Waals surface area contributed by atoms with Gasteiger partial charge in [-0.25, -0.2) is 0 Å². The fourth-order valence-electron chi connectivity index (χ4n) is 2.38. The second-order valence-electron chi connectivity index (χ2n) is 4.90. The summed E-state index contributed by atoms with van der Waals surface area (Å²) in [6.45, 7) is 2.04. The fraction of sp³-hybridized carbons (Fsp3) is 0.500. The Labute approximate surface area is 103 Å². The van der Waals surface area contributed by atoms with E-state index in [0.717, 1.165) is 42.5 Å². The molecule has 0 bridgehead atoms. The number of nitrogens with zero attached hydrogens (tertiary/aromatic N) is 1. The van der Waals surface area contributed by atoms with Crippen LogP contribution in [0.1, 0.15) is 36.8 Å². The van der Waals surface area contributed by atoms with Gasteiger partial charge < -0.3 is 11.1 Å². The SMILES string of the molecule is Cc1cc(C#N)ccc1NC1CCC(N)CC1. The molecular weight excluding hydrogens is 210 g/mol. The first kappa shape index (κ1) is 11.9. The van der Waals surface area contributed by atoms with Crippen molar-refractivity contribution in [3.05, 3.63) is 29.3 Å². The maximum Gasteiger partial charge on any atom is 0.0991 e. The highest BCUT2D eigenvalue weighted by atomic mass is 14.9. The number of rotatable bonds is 2. The van der Waals surface area contributed by atoms with E-state index < -0.39 is 0 Å². The van der Waals surface area contributed by atoms with Gasteiger partial charge in [-0.05, 0) is 56.4 Å². The molecule has 17 heavy (non-hydrogen) atoms. The number of hydrogen-bond acceptors (Lipinski definition) is 3. The maximum atomic E-state index is 8.82. The summed E-state index contributed by atoms with van der Waals surface area (Å²) >= 11 is 0. The van der Waals surface area contributed by atoms with Crippen molar-refractivity contribution in [1.82, 2.24) is 0 Å². The van der Waals surface area contributed by atoms with Crippen molar-refractivity contribution < 1.29 is 0 Å². The van der Waals surface area contributed by atoms with E-state index in [-0.39, 0.29) is 0 Å². The number of hydrogen-bond donors (Lipinski definition) is 2. The van der Waals surface area contributed by atoms with Gasteiger partial charge in [0.15, 0.2) is 0 Å². The molecule has 1 aliphatic carbocycles. The van der Waals surface area contributed by atoms with Crippen LogP contribution in [0.15, 0.2) is 18.2 Å². The average Bonchev–Trinajstić information content (AvgIpc) is 2.34. The molecule has 3 heteroatoms. The topological polar surface area (TPSA) is 61.8 Å². The zero-order chi connectivity index (χ0) is 12.3. The largest absolute Gasteiger partial charge is 0.382 e. The molecule has 0 unspecified atom stereocenters. The Hall–Kier alpha value is -1.53. The molecule has 2 rings (SSSR count). The Morgan fingerprint density at radius 3 is 2.59 bits per heavy atom. The van der Waals surface area contributed by atoms with Gasteiger partial charge in [-0.2, -0.15) is 5.26 Å². The van der Waals surface area contributed by atoms with Crippen molar-refractivity contribution in [2.45, 2.75) is 44.7 Å². The lowest BCUT2D eigenvalue weighted by molar-refractivity contribution is 0.411. The number of nitriles is 1. The molecule has 1 saturated carbocycles. The number of nitrogens with one attached hydrogen (secondary N) is 1. The quantitative estimate of drug-likeness (QED) is 0.819. The first-order valence-corrected chi connectivity index (χ1v) is 6.22. The van der Waals surface area contributed by atoms with Gasteiger partial charge in [-0.15, -0.1) is 0 Å². The first-order chi connectivity index (χ1) is 8.19. The van der Waals surface area contributed by atoms with E-state index in [0.29, 0.717) is 12.1 Å². The van der Waals surface area contributed by atoms with Crippen LogP contribution >= 0.6 is 0 Å². The van der Waals surface area contributed by atoms with E-state index in [1.807, 2.05) is 25.1 Å². The minimum Gasteiger partial charge on any atom is -0.382 e.